The smallest absolute Gasteiger partial charge is 0.211 e. The van der Waals surface area contributed by atoms with E-state index in [9.17, 15) is 8.42 Å². The number of rotatable bonds is 4. The third-order valence-corrected chi connectivity index (χ3v) is 6.57. The molecule has 0 amide bonds. The summed E-state index contributed by atoms with van der Waals surface area (Å²) in [5.74, 6) is 0.200. The highest BCUT2D eigenvalue weighted by Crippen LogP contribution is 2.33. The van der Waals surface area contributed by atoms with Crippen LogP contribution in [0.2, 0.25) is 0 Å². The lowest BCUT2D eigenvalue weighted by atomic mass is 9.96. The molecule has 1 unspecified atom stereocenters. The van der Waals surface area contributed by atoms with Gasteiger partial charge in [0.25, 0.3) is 0 Å². The van der Waals surface area contributed by atoms with Crippen molar-refractivity contribution in [3.63, 3.8) is 0 Å². The van der Waals surface area contributed by atoms with Gasteiger partial charge in [0.1, 0.15) is 0 Å². The first kappa shape index (κ1) is 16.8. The van der Waals surface area contributed by atoms with Crippen molar-refractivity contribution in [2.45, 2.75) is 31.8 Å². The van der Waals surface area contributed by atoms with E-state index < -0.39 is 10.0 Å². The lowest BCUT2D eigenvalue weighted by Gasteiger charge is -2.27. The van der Waals surface area contributed by atoms with Crippen LogP contribution in [-0.4, -0.2) is 53.7 Å². The molecular formula is C18H24N4O2S. The van der Waals surface area contributed by atoms with Gasteiger partial charge in [0.2, 0.25) is 10.0 Å². The van der Waals surface area contributed by atoms with Crippen LogP contribution in [0.1, 0.15) is 34.9 Å². The summed E-state index contributed by atoms with van der Waals surface area (Å²) in [6.45, 7) is 3.98. The van der Waals surface area contributed by atoms with E-state index in [4.69, 9.17) is 0 Å². The van der Waals surface area contributed by atoms with Crippen molar-refractivity contribution >= 4 is 10.0 Å². The van der Waals surface area contributed by atoms with Crippen LogP contribution in [0.15, 0.2) is 30.3 Å². The maximum absolute atomic E-state index is 11.8. The number of aromatic nitrogens is 2. The van der Waals surface area contributed by atoms with Crippen molar-refractivity contribution in [2.75, 3.05) is 25.9 Å². The van der Waals surface area contributed by atoms with Gasteiger partial charge in [-0.15, -0.1) is 0 Å². The third-order valence-electron chi connectivity index (χ3n) is 5.30. The topological polar surface area (TPSA) is 69.3 Å². The van der Waals surface area contributed by atoms with E-state index in [0.29, 0.717) is 13.1 Å². The molecule has 2 aliphatic rings. The van der Waals surface area contributed by atoms with E-state index in [2.05, 4.69) is 39.4 Å². The molecule has 1 aromatic carbocycles. The number of fused-ring (bicyclic) bond motifs is 1. The average molecular weight is 360 g/mol. The number of nitrogens with zero attached hydrogens (tertiary/aromatic N) is 3. The first-order chi connectivity index (χ1) is 12.0. The monoisotopic (exact) mass is 360 g/mol. The van der Waals surface area contributed by atoms with Crippen LogP contribution in [0.4, 0.5) is 0 Å². The zero-order chi connectivity index (χ0) is 17.4. The number of H-pyrrole nitrogens is 1. The van der Waals surface area contributed by atoms with E-state index in [0.717, 1.165) is 38.2 Å². The molecule has 1 fully saturated rings. The van der Waals surface area contributed by atoms with Crippen LogP contribution in [0.5, 0.6) is 0 Å². The molecule has 1 N–H and O–H groups in total. The molecule has 7 heteroatoms. The Morgan fingerprint density at radius 3 is 2.76 bits per heavy atom. The molecule has 2 aromatic rings. The predicted octanol–water partition coefficient (Wildman–Crippen LogP) is 1.72. The van der Waals surface area contributed by atoms with Gasteiger partial charge >= 0.3 is 0 Å². The maximum Gasteiger partial charge on any atom is 0.211 e. The van der Waals surface area contributed by atoms with Gasteiger partial charge in [-0.05, 0) is 12.0 Å². The fourth-order valence-corrected chi connectivity index (χ4v) is 4.83. The van der Waals surface area contributed by atoms with Crippen molar-refractivity contribution in [1.82, 2.24) is 19.4 Å². The molecule has 0 spiro atoms. The minimum atomic E-state index is -3.11. The molecule has 0 aliphatic carbocycles. The molecule has 3 heterocycles. The molecule has 1 saturated heterocycles. The summed E-state index contributed by atoms with van der Waals surface area (Å²) in [5, 5.41) is 7.76. The Balaban J connectivity index is 1.50. The Hall–Kier alpha value is -1.70. The van der Waals surface area contributed by atoms with Gasteiger partial charge < -0.3 is 0 Å². The Bertz CT molecular complexity index is 847. The Labute approximate surface area is 148 Å². The number of nitrogens with one attached hydrogen (secondary N) is 1. The van der Waals surface area contributed by atoms with Gasteiger partial charge in [-0.2, -0.15) is 5.10 Å². The summed E-state index contributed by atoms with van der Waals surface area (Å²) in [6.07, 6.45) is 3.11. The quantitative estimate of drug-likeness (QED) is 0.901. The summed E-state index contributed by atoms with van der Waals surface area (Å²) in [6, 6.07) is 10.5. The number of benzene rings is 1. The summed E-state index contributed by atoms with van der Waals surface area (Å²) in [5.41, 5.74) is 4.89. The number of aromatic amines is 1. The lowest BCUT2D eigenvalue weighted by Crippen LogP contribution is -2.30. The van der Waals surface area contributed by atoms with Crippen molar-refractivity contribution < 1.29 is 8.42 Å². The summed E-state index contributed by atoms with van der Waals surface area (Å²) in [4.78, 5) is 2.44. The molecule has 0 bridgehead atoms. The van der Waals surface area contributed by atoms with Crippen LogP contribution < -0.4 is 0 Å². The molecule has 1 atom stereocenters. The second kappa shape index (κ2) is 6.55. The van der Waals surface area contributed by atoms with Gasteiger partial charge in [0, 0.05) is 56.3 Å². The molecule has 0 saturated carbocycles. The van der Waals surface area contributed by atoms with E-state index in [1.807, 2.05) is 6.07 Å². The van der Waals surface area contributed by atoms with Crippen LogP contribution in [0, 0.1) is 0 Å². The molecule has 1 aromatic heterocycles. The zero-order valence-corrected chi connectivity index (χ0v) is 15.3. The number of sulfonamides is 1. The van der Waals surface area contributed by atoms with E-state index in [-0.39, 0.29) is 5.92 Å². The van der Waals surface area contributed by atoms with Crippen molar-refractivity contribution in [3.05, 3.63) is 52.8 Å². The SMILES string of the molecule is CS(=O)(=O)N1CCC(c2n[nH]c3c2CN(Cc2ccccc2)CC3)C1. The minimum Gasteiger partial charge on any atom is -0.294 e. The molecule has 4 rings (SSSR count). The van der Waals surface area contributed by atoms with Gasteiger partial charge in [-0.3, -0.25) is 10.00 Å². The van der Waals surface area contributed by atoms with Crippen molar-refractivity contribution in [3.8, 4) is 0 Å². The van der Waals surface area contributed by atoms with Gasteiger partial charge in [-0.25, -0.2) is 12.7 Å². The highest BCUT2D eigenvalue weighted by molar-refractivity contribution is 7.88. The second-order valence-electron chi connectivity index (χ2n) is 7.12. The molecule has 0 radical (unpaired) electrons. The van der Waals surface area contributed by atoms with Crippen molar-refractivity contribution in [1.29, 1.82) is 0 Å². The minimum absolute atomic E-state index is 0.200. The van der Waals surface area contributed by atoms with Crippen LogP contribution >= 0.6 is 0 Å². The summed E-state index contributed by atoms with van der Waals surface area (Å²) >= 11 is 0. The predicted molar refractivity (Wildman–Crippen MR) is 96.6 cm³/mol. The maximum atomic E-state index is 11.8. The molecule has 6 nitrogen and oxygen atoms in total. The molecule has 2 aliphatic heterocycles. The standard InChI is InChI=1S/C18H24N4O2S/c1-25(23,24)22-10-7-15(12-22)18-16-13-21(9-8-17(16)19-20-18)11-14-5-3-2-4-6-14/h2-6,15H,7-13H2,1H3,(H,19,20). The normalized spacial score (nSPS) is 22.2. The molecular weight excluding hydrogens is 336 g/mol. The summed E-state index contributed by atoms with van der Waals surface area (Å²) in [7, 11) is -3.11. The lowest BCUT2D eigenvalue weighted by molar-refractivity contribution is 0.243. The van der Waals surface area contributed by atoms with Crippen LogP contribution in [-0.2, 0) is 29.5 Å². The van der Waals surface area contributed by atoms with Crippen LogP contribution in [0.25, 0.3) is 0 Å². The van der Waals surface area contributed by atoms with E-state index in [1.54, 1.807) is 4.31 Å². The van der Waals surface area contributed by atoms with Crippen LogP contribution in [0.3, 0.4) is 0 Å². The fourth-order valence-electron chi connectivity index (χ4n) is 3.94. The second-order valence-corrected chi connectivity index (χ2v) is 9.10. The largest absolute Gasteiger partial charge is 0.294 e. The highest BCUT2D eigenvalue weighted by atomic mass is 32.2. The van der Waals surface area contributed by atoms with E-state index >= 15 is 0 Å². The number of hydrogen-bond donors (Lipinski definition) is 1. The Kier molecular flexibility index (Phi) is 4.39. The molecule has 134 valence electrons. The van der Waals surface area contributed by atoms with Gasteiger partial charge in [0.05, 0.1) is 11.9 Å². The first-order valence-electron chi connectivity index (χ1n) is 8.78. The summed E-state index contributed by atoms with van der Waals surface area (Å²) < 4.78 is 25.1. The zero-order valence-electron chi connectivity index (χ0n) is 14.5. The fraction of sp³-hybridized carbons (Fsp3) is 0.500. The third kappa shape index (κ3) is 3.49. The Morgan fingerprint density at radius 1 is 1.24 bits per heavy atom. The Morgan fingerprint density at radius 2 is 2.04 bits per heavy atom. The van der Waals surface area contributed by atoms with Gasteiger partial charge in [-0.1, -0.05) is 30.3 Å². The molecule has 25 heavy (non-hydrogen) atoms. The highest BCUT2D eigenvalue weighted by Gasteiger charge is 2.34. The van der Waals surface area contributed by atoms with E-state index in [1.165, 1.54) is 23.1 Å². The van der Waals surface area contributed by atoms with Crippen molar-refractivity contribution in [2.24, 2.45) is 0 Å². The average Bonchev–Trinajstić information content (AvgIpc) is 3.21. The van der Waals surface area contributed by atoms with Gasteiger partial charge in [0.15, 0.2) is 0 Å². The first-order valence-corrected chi connectivity index (χ1v) is 10.6. The number of hydrogen-bond acceptors (Lipinski definition) is 4.